The highest BCUT2D eigenvalue weighted by Gasteiger charge is 2.33. The first-order valence-corrected chi connectivity index (χ1v) is 9.82. The van der Waals surface area contributed by atoms with Crippen molar-refractivity contribution in [3.05, 3.63) is 64.8 Å². The molecule has 0 saturated carbocycles. The number of aromatic nitrogens is 4. The number of halogens is 3. The minimum Gasteiger partial charge on any atom is -0.487 e. The summed E-state index contributed by atoms with van der Waals surface area (Å²) in [7, 11) is 0. The van der Waals surface area contributed by atoms with Gasteiger partial charge in [-0.05, 0) is 12.5 Å². The fourth-order valence-electron chi connectivity index (χ4n) is 3.04. The highest BCUT2D eigenvalue weighted by molar-refractivity contribution is 6.30. The van der Waals surface area contributed by atoms with Gasteiger partial charge in [-0.1, -0.05) is 18.5 Å². The molecule has 0 radical (unpaired) electrons. The fraction of sp³-hybridized carbons (Fsp3) is 0.250. The normalized spacial score (nSPS) is 13.6. The summed E-state index contributed by atoms with van der Waals surface area (Å²) in [6.45, 7) is 2.70. The van der Waals surface area contributed by atoms with Crippen LogP contribution in [-0.2, 0) is 6.42 Å². The maximum atomic E-state index is 13.5. The van der Waals surface area contributed by atoms with E-state index in [4.69, 9.17) is 16.3 Å². The first-order valence-electron chi connectivity index (χ1n) is 9.44. The van der Waals surface area contributed by atoms with Crippen LogP contribution >= 0.6 is 11.6 Å². The van der Waals surface area contributed by atoms with E-state index in [9.17, 15) is 13.6 Å². The summed E-state index contributed by atoms with van der Waals surface area (Å²) in [5, 5.41) is 10.2. The summed E-state index contributed by atoms with van der Waals surface area (Å²) >= 11 is 5.65. The number of carbonyl (C=O) groups is 1. The van der Waals surface area contributed by atoms with E-state index in [1.807, 2.05) is 6.92 Å². The summed E-state index contributed by atoms with van der Waals surface area (Å²) in [6, 6.07) is 3.90. The molecule has 1 N–H and O–H groups in total. The topological polar surface area (TPSA) is 93.1 Å². The lowest BCUT2D eigenvalue weighted by Gasteiger charge is -2.40. The van der Waals surface area contributed by atoms with E-state index in [0.29, 0.717) is 31.0 Å². The zero-order valence-electron chi connectivity index (χ0n) is 16.3. The molecule has 0 bridgehead atoms. The van der Waals surface area contributed by atoms with Crippen LogP contribution in [0.5, 0.6) is 5.75 Å². The van der Waals surface area contributed by atoms with E-state index in [0.717, 1.165) is 11.8 Å². The minimum absolute atomic E-state index is 0.127. The highest BCUT2D eigenvalue weighted by Crippen LogP contribution is 2.28. The lowest BCUT2D eigenvalue weighted by atomic mass is 10.1. The predicted octanol–water partition coefficient (Wildman–Crippen LogP) is 3.28. The third-order valence-corrected chi connectivity index (χ3v) is 4.90. The predicted molar refractivity (Wildman–Crippen MR) is 109 cm³/mol. The number of hydrogen-bond donors (Lipinski definition) is 1. The van der Waals surface area contributed by atoms with Crippen LogP contribution in [0, 0.1) is 11.6 Å². The molecule has 1 saturated heterocycles. The maximum Gasteiger partial charge on any atom is 0.278 e. The van der Waals surface area contributed by atoms with Gasteiger partial charge in [0.15, 0.2) is 23.1 Å². The van der Waals surface area contributed by atoms with Crippen LogP contribution in [0.25, 0.3) is 0 Å². The summed E-state index contributed by atoms with van der Waals surface area (Å²) in [5.74, 6) is -2.11. The van der Waals surface area contributed by atoms with Gasteiger partial charge in [-0.25, -0.2) is 18.7 Å². The first-order chi connectivity index (χ1) is 14.9. The van der Waals surface area contributed by atoms with Gasteiger partial charge < -0.3 is 15.0 Å². The summed E-state index contributed by atoms with van der Waals surface area (Å²) in [6.07, 6.45) is 4.74. The molecule has 1 fully saturated rings. The van der Waals surface area contributed by atoms with E-state index in [1.54, 1.807) is 11.0 Å². The molecule has 2 aromatic heterocycles. The number of nitrogens with zero attached hydrogens (tertiary/aromatic N) is 5. The van der Waals surface area contributed by atoms with Crippen molar-refractivity contribution in [2.45, 2.75) is 19.4 Å². The van der Waals surface area contributed by atoms with Crippen molar-refractivity contribution < 1.29 is 18.3 Å². The molecule has 0 aliphatic carbocycles. The van der Waals surface area contributed by atoms with Crippen LogP contribution in [0.2, 0.25) is 5.02 Å². The Morgan fingerprint density at radius 1 is 1.26 bits per heavy atom. The highest BCUT2D eigenvalue weighted by atomic mass is 35.5. The van der Waals surface area contributed by atoms with E-state index >= 15 is 0 Å². The number of ether oxygens (including phenoxy) is 1. The monoisotopic (exact) mass is 446 g/mol. The Balaban J connectivity index is 1.43. The molecule has 11 heteroatoms. The average molecular weight is 447 g/mol. The van der Waals surface area contributed by atoms with Crippen molar-refractivity contribution in [1.29, 1.82) is 0 Å². The first kappa shape index (κ1) is 20.9. The molecule has 0 unspecified atom stereocenters. The molecule has 1 aliphatic rings. The Morgan fingerprint density at radius 2 is 2.03 bits per heavy atom. The van der Waals surface area contributed by atoms with Crippen LogP contribution < -0.4 is 15.0 Å². The maximum absolute atomic E-state index is 13.5. The van der Waals surface area contributed by atoms with Gasteiger partial charge in [-0.15, -0.1) is 0 Å². The van der Waals surface area contributed by atoms with Gasteiger partial charge in [0.05, 0.1) is 35.7 Å². The zero-order chi connectivity index (χ0) is 22.0. The number of nitrogens with one attached hydrogen (secondary N) is 1. The second-order valence-corrected chi connectivity index (χ2v) is 7.22. The molecule has 31 heavy (non-hydrogen) atoms. The van der Waals surface area contributed by atoms with E-state index in [1.165, 1.54) is 24.7 Å². The quantitative estimate of drug-likeness (QED) is 0.581. The Kier molecular flexibility index (Phi) is 5.90. The number of hydrogen-bond acceptors (Lipinski definition) is 7. The lowest BCUT2D eigenvalue weighted by Crippen LogP contribution is -2.54. The van der Waals surface area contributed by atoms with Crippen molar-refractivity contribution in [1.82, 2.24) is 20.2 Å². The van der Waals surface area contributed by atoms with Crippen LogP contribution in [0.1, 0.15) is 23.1 Å². The van der Waals surface area contributed by atoms with Gasteiger partial charge in [0, 0.05) is 24.5 Å². The standard InChI is InChI=1S/C20H17ClF2N6O2/c1-2-11-5-12(8-26-28-11)27-20(30)18-19(25-4-3-24-18)29-9-14(10-29)31-13-6-15(21)17(23)16(22)7-13/h3-8,14H,2,9-10H2,1H3,(H,27,28,30). The smallest absolute Gasteiger partial charge is 0.278 e. The van der Waals surface area contributed by atoms with Gasteiger partial charge in [-0.2, -0.15) is 10.2 Å². The average Bonchev–Trinajstić information content (AvgIpc) is 2.74. The number of aryl methyl sites for hydroxylation is 1. The lowest BCUT2D eigenvalue weighted by molar-refractivity contribution is 0.102. The Morgan fingerprint density at radius 3 is 2.77 bits per heavy atom. The number of benzene rings is 1. The van der Waals surface area contributed by atoms with Crippen LogP contribution in [0.3, 0.4) is 0 Å². The van der Waals surface area contributed by atoms with Crippen LogP contribution in [0.15, 0.2) is 36.8 Å². The van der Waals surface area contributed by atoms with Gasteiger partial charge in [0.2, 0.25) is 0 Å². The van der Waals surface area contributed by atoms with E-state index in [-0.39, 0.29) is 22.6 Å². The molecule has 0 spiro atoms. The number of carbonyl (C=O) groups excluding carboxylic acids is 1. The number of anilines is 2. The van der Waals surface area contributed by atoms with Gasteiger partial charge >= 0.3 is 0 Å². The zero-order valence-corrected chi connectivity index (χ0v) is 17.1. The number of amides is 1. The van der Waals surface area contributed by atoms with Crippen LogP contribution in [0.4, 0.5) is 20.3 Å². The molecule has 1 amide bonds. The molecule has 8 nitrogen and oxygen atoms in total. The third-order valence-electron chi connectivity index (χ3n) is 4.63. The largest absolute Gasteiger partial charge is 0.487 e. The third kappa shape index (κ3) is 4.53. The van der Waals surface area contributed by atoms with Crippen molar-refractivity contribution in [2.75, 3.05) is 23.3 Å². The minimum atomic E-state index is -1.12. The van der Waals surface area contributed by atoms with Gasteiger partial charge in [-0.3, -0.25) is 4.79 Å². The summed E-state index contributed by atoms with van der Waals surface area (Å²) in [4.78, 5) is 23.0. The summed E-state index contributed by atoms with van der Waals surface area (Å²) in [5.41, 5.74) is 1.40. The second kappa shape index (κ2) is 8.76. The van der Waals surface area contributed by atoms with Gasteiger partial charge in [0.1, 0.15) is 11.9 Å². The molecular formula is C20H17ClF2N6O2. The fourth-order valence-corrected chi connectivity index (χ4v) is 3.24. The van der Waals surface area contributed by atoms with Crippen molar-refractivity contribution in [3.63, 3.8) is 0 Å². The Bertz CT molecular complexity index is 1100. The van der Waals surface area contributed by atoms with Crippen molar-refractivity contribution >= 4 is 29.0 Å². The van der Waals surface area contributed by atoms with Gasteiger partial charge in [0.25, 0.3) is 5.91 Å². The molecule has 1 aliphatic heterocycles. The molecule has 0 atom stereocenters. The van der Waals surface area contributed by atoms with Crippen molar-refractivity contribution in [2.24, 2.45) is 0 Å². The Labute approximate surface area is 181 Å². The number of rotatable bonds is 6. The SMILES string of the molecule is CCc1cc(NC(=O)c2nccnc2N2CC(Oc3cc(F)c(F)c(Cl)c3)C2)cnn1. The second-order valence-electron chi connectivity index (χ2n) is 6.82. The van der Waals surface area contributed by atoms with Crippen LogP contribution in [-0.4, -0.2) is 45.3 Å². The molecular weight excluding hydrogens is 430 g/mol. The molecule has 160 valence electrons. The molecule has 3 heterocycles. The van der Waals surface area contributed by atoms with E-state index < -0.39 is 17.5 Å². The van der Waals surface area contributed by atoms with Crippen molar-refractivity contribution in [3.8, 4) is 5.75 Å². The summed E-state index contributed by atoms with van der Waals surface area (Å²) < 4.78 is 32.5. The van der Waals surface area contributed by atoms with E-state index in [2.05, 4.69) is 25.5 Å². The molecule has 3 aromatic rings. The molecule has 4 rings (SSSR count). The molecule has 1 aromatic carbocycles. The Hall–Kier alpha value is -3.40.